The molecule has 0 atom stereocenters. The van der Waals surface area contributed by atoms with Gasteiger partial charge in [0.05, 0.1) is 11.4 Å². The normalized spacial score (nSPS) is 16.8. The van der Waals surface area contributed by atoms with Crippen LogP contribution in [0.15, 0.2) is 24.3 Å². The summed E-state index contributed by atoms with van der Waals surface area (Å²) in [5, 5.41) is 4.45. The minimum atomic E-state index is 0.266. The Labute approximate surface area is 108 Å². The van der Waals surface area contributed by atoms with Crippen LogP contribution in [0.5, 0.6) is 0 Å². The van der Waals surface area contributed by atoms with E-state index in [2.05, 4.69) is 37.1 Å². The second kappa shape index (κ2) is 3.61. The Bertz CT molecular complexity index is 608. The van der Waals surface area contributed by atoms with E-state index in [0.717, 1.165) is 11.4 Å². The van der Waals surface area contributed by atoms with Crippen LogP contribution in [0.25, 0.3) is 5.69 Å². The molecule has 0 bridgehead atoms. The summed E-state index contributed by atoms with van der Waals surface area (Å²) < 4.78 is 1.82. The number of nitrogen functional groups attached to an aromatic ring is 1. The molecule has 0 saturated heterocycles. The molecule has 1 aromatic heterocycles. The molecule has 3 nitrogen and oxygen atoms in total. The lowest BCUT2D eigenvalue weighted by atomic mass is 9.86. The third-order valence-electron chi connectivity index (χ3n) is 3.95. The highest BCUT2D eigenvalue weighted by Gasteiger charge is 2.29. The van der Waals surface area contributed by atoms with Gasteiger partial charge in [-0.25, -0.2) is 4.68 Å². The summed E-state index contributed by atoms with van der Waals surface area (Å²) in [7, 11) is 0. The summed E-state index contributed by atoms with van der Waals surface area (Å²) in [6.45, 7) is 6.57. The molecule has 0 radical (unpaired) electrons. The van der Waals surface area contributed by atoms with Gasteiger partial charge in [0.15, 0.2) is 0 Å². The smallest absolute Gasteiger partial charge is 0.127 e. The summed E-state index contributed by atoms with van der Waals surface area (Å²) in [4.78, 5) is 0. The number of hydrogen-bond acceptors (Lipinski definition) is 2. The minimum Gasteiger partial charge on any atom is -0.384 e. The summed E-state index contributed by atoms with van der Waals surface area (Å²) in [6.07, 6.45) is 2.40. The van der Waals surface area contributed by atoms with Gasteiger partial charge in [0.25, 0.3) is 0 Å². The maximum atomic E-state index is 5.99. The van der Waals surface area contributed by atoms with E-state index in [9.17, 15) is 0 Å². The molecular weight excluding hydrogens is 222 g/mol. The fraction of sp³-hybridized carbons (Fsp3) is 0.400. The number of nitrogens with zero attached hydrogens (tertiary/aromatic N) is 2. The Kier molecular flexibility index (Phi) is 2.27. The summed E-state index contributed by atoms with van der Waals surface area (Å²) in [5.41, 5.74) is 11.2. The number of rotatable bonds is 1. The second-order valence-electron chi connectivity index (χ2n) is 5.85. The Morgan fingerprint density at radius 3 is 2.72 bits per heavy atom. The molecule has 0 aliphatic heterocycles. The van der Waals surface area contributed by atoms with Gasteiger partial charge in [0.1, 0.15) is 5.82 Å². The standard InChI is InChI=1S/C15H19N3/c1-10-8-14(16)18(17-10)12-5-4-11-6-7-15(2,3)13(11)9-12/h4-5,8-9H,6-7,16H2,1-3H3. The maximum Gasteiger partial charge on any atom is 0.127 e. The third kappa shape index (κ3) is 1.62. The molecule has 1 aliphatic rings. The second-order valence-corrected chi connectivity index (χ2v) is 5.85. The van der Waals surface area contributed by atoms with Gasteiger partial charge < -0.3 is 5.73 Å². The summed E-state index contributed by atoms with van der Waals surface area (Å²) in [6, 6.07) is 8.47. The fourth-order valence-corrected chi connectivity index (χ4v) is 2.85. The topological polar surface area (TPSA) is 43.8 Å². The zero-order valence-electron chi connectivity index (χ0n) is 11.2. The molecule has 0 spiro atoms. The Morgan fingerprint density at radius 1 is 1.28 bits per heavy atom. The van der Waals surface area contributed by atoms with Gasteiger partial charge in [-0.15, -0.1) is 0 Å². The number of aryl methyl sites for hydroxylation is 2. The summed E-state index contributed by atoms with van der Waals surface area (Å²) in [5.74, 6) is 0.697. The van der Waals surface area contributed by atoms with Crippen LogP contribution >= 0.6 is 0 Å². The first-order chi connectivity index (χ1) is 8.47. The lowest BCUT2D eigenvalue weighted by molar-refractivity contribution is 0.522. The van der Waals surface area contributed by atoms with Crippen molar-refractivity contribution in [2.75, 3.05) is 5.73 Å². The van der Waals surface area contributed by atoms with E-state index in [1.807, 2.05) is 17.7 Å². The predicted octanol–water partition coefficient (Wildman–Crippen LogP) is 2.99. The molecule has 2 N–H and O–H groups in total. The van der Waals surface area contributed by atoms with E-state index in [0.29, 0.717) is 5.82 Å². The summed E-state index contributed by atoms with van der Waals surface area (Å²) >= 11 is 0. The van der Waals surface area contributed by atoms with Crippen molar-refractivity contribution >= 4 is 5.82 Å². The Hall–Kier alpha value is -1.77. The first-order valence-corrected chi connectivity index (χ1v) is 6.43. The highest BCUT2D eigenvalue weighted by Crippen LogP contribution is 2.39. The largest absolute Gasteiger partial charge is 0.384 e. The van der Waals surface area contributed by atoms with E-state index in [1.54, 1.807) is 0 Å². The molecule has 3 rings (SSSR count). The average molecular weight is 241 g/mol. The highest BCUT2D eigenvalue weighted by molar-refractivity contribution is 5.50. The van der Waals surface area contributed by atoms with E-state index >= 15 is 0 Å². The fourth-order valence-electron chi connectivity index (χ4n) is 2.85. The number of nitrogens with two attached hydrogens (primary N) is 1. The third-order valence-corrected chi connectivity index (χ3v) is 3.95. The van der Waals surface area contributed by atoms with Crippen molar-refractivity contribution in [3.05, 3.63) is 41.1 Å². The highest BCUT2D eigenvalue weighted by atomic mass is 15.3. The van der Waals surface area contributed by atoms with Crippen molar-refractivity contribution in [1.29, 1.82) is 0 Å². The minimum absolute atomic E-state index is 0.266. The van der Waals surface area contributed by atoms with Crippen LogP contribution in [0.2, 0.25) is 0 Å². The van der Waals surface area contributed by atoms with Gasteiger partial charge in [0, 0.05) is 6.07 Å². The van der Waals surface area contributed by atoms with E-state index in [4.69, 9.17) is 5.73 Å². The van der Waals surface area contributed by atoms with Crippen LogP contribution in [0.3, 0.4) is 0 Å². The van der Waals surface area contributed by atoms with Crippen LogP contribution in [0.4, 0.5) is 5.82 Å². The van der Waals surface area contributed by atoms with Crippen LogP contribution in [-0.2, 0) is 11.8 Å². The van der Waals surface area contributed by atoms with E-state index in [1.165, 1.54) is 24.0 Å². The van der Waals surface area contributed by atoms with Gasteiger partial charge in [-0.3, -0.25) is 0 Å². The zero-order chi connectivity index (χ0) is 12.9. The number of hydrogen-bond donors (Lipinski definition) is 1. The number of benzene rings is 1. The molecular formula is C15H19N3. The van der Waals surface area contributed by atoms with Crippen LogP contribution in [0, 0.1) is 6.92 Å². The quantitative estimate of drug-likeness (QED) is 0.834. The molecule has 0 unspecified atom stereocenters. The van der Waals surface area contributed by atoms with Crippen molar-refractivity contribution in [2.24, 2.45) is 0 Å². The molecule has 0 fully saturated rings. The maximum absolute atomic E-state index is 5.99. The molecule has 1 aliphatic carbocycles. The van der Waals surface area contributed by atoms with E-state index < -0.39 is 0 Å². The van der Waals surface area contributed by atoms with Crippen molar-refractivity contribution < 1.29 is 0 Å². The van der Waals surface area contributed by atoms with Gasteiger partial charge in [-0.05, 0) is 48.4 Å². The Balaban J connectivity index is 2.13. The predicted molar refractivity (Wildman–Crippen MR) is 74.1 cm³/mol. The van der Waals surface area contributed by atoms with Crippen molar-refractivity contribution in [3.63, 3.8) is 0 Å². The monoisotopic (exact) mass is 241 g/mol. The van der Waals surface area contributed by atoms with Crippen molar-refractivity contribution in [1.82, 2.24) is 9.78 Å². The molecule has 0 amide bonds. The first-order valence-electron chi connectivity index (χ1n) is 6.43. The van der Waals surface area contributed by atoms with Gasteiger partial charge in [-0.2, -0.15) is 5.10 Å². The van der Waals surface area contributed by atoms with E-state index in [-0.39, 0.29) is 5.41 Å². The SMILES string of the molecule is Cc1cc(N)n(-c2ccc3c(c2)C(C)(C)CC3)n1. The molecule has 2 aromatic rings. The van der Waals surface area contributed by atoms with Gasteiger partial charge in [-0.1, -0.05) is 19.9 Å². The molecule has 1 aromatic carbocycles. The first kappa shape index (κ1) is 11.3. The average Bonchev–Trinajstić information content (AvgIpc) is 2.79. The van der Waals surface area contributed by atoms with Crippen molar-refractivity contribution in [3.8, 4) is 5.69 Å². The lowest BCUT2D eigenvalue weighted by Crippen LogP contribution is -2.12. The molecule has 94 valence electrons. The number of aromatic nitrogens is 2. The molecule has 3 heteroatoms. The van der Waals surface area contributed by atoms with Gasteiger partial charge >= 0.3 is 0 Å². The van der Waals surface area contributed by atoms with Crippen LogP contribution in [0.1, 0.15) is 37.1 Å². The lowest BCUT2D eigenvalue weighted by Gasteiger charge is -2.19. The van der Waals surface area contributed by atoms with Gasteiger partial charge in [0.2, 0.25) is 0 Å². The number of fused-ring (bicyclic) bond motifs is 1. The molecule has 1 heterocycles. The number of anilines is 1. The van der Waals surface area contributed by atoms with Crippen LogP contribution < -0.4 is 5.73 Å². The Morgan fingerprint density at radius 2 is 2.06 bits per heavy atom. The van der Waals surface area contributed by atoms with Crippen molar-refractivity contribution in [2.45, 2.75) is 39.0 Å². The molecule has 18 heavy (non-hydrogen) atoms. The zero-order valence-corrected chi connectivity index (χ0v) is 11.2. The van der Waals surface area contributed by atoms with Crippen LogP contribution in [-0.4, -0.2) is 9.78 Å². The molecule has 0 saturated carbocycles.